The number of piperazine rings is 1. The van der Waals surface area contributed by atoms with Gasteiger partial charge in [-0.1, -0.05) is 6.42 Å². The van der Waals surface area contributed by atoms with E-state index in [0.29, 0.717) is 18.7 Å². The van der Waals surface area contributed by atoms with E-state index in [1.807, 2.05) is 11.3 Å². The summed E-state index contributed by atoms with van der Waals surface area (Å²) in [7, 11) is 0. The topological polar surface area (TPSA) is 30.0 Å². The van der Waals surface area contributed by atoms with Crippen LogP contribution in [0.5, 0.6) is 0 Å². The van der Waals surface area contributed by atoms with Crippen LogP contribution < -0.4 is 0 Å². The zero-order valence-corrected chi connectivity index (χ0v) is 16.8. The molecule has 0 radical (unpaired) electrons. The average Bonchev–Trinajstić information content (AvgIpc) is 3.03. The van der Waals surface area contributed by atoms with Crippen LogP contribution in [0.4, 0.5) is 0 Å². The summed E-state index contributed by atoms with van der Waals surface area (Å²) in [6, 6.07) is 5.73. The number of hydrogen-bond acceptors (Lipinski definition) is 5. The van der Waals surface area contributed by atoms with Crippen molar-refractivity contribution in [2.45, 2.75) is 64.7 Å². The summed E-state index contributed by atoms with van der Waals surface area (Å²) < 4.78 is 0. The number of piperidine rings is 1. The van der Waals surface area contributed by atoms with Crippen molar-refractivity contribution < 1.29 is 5.11 Å². The van der Waals surface area contributed by atoms with E-state index in [2.05, 4.69) is 40.7 Å². The van der Waals surface area contributed by atoms with Crippen LogP contribution in [0, 0.1) is 0 Å². The van der Waals surface area contributed by atoms with Crippen molar-refractivity contribution >= 4 is 11.3 Å². The van der Waals surface area contributed by atoms with Gasteiger partial charge in [0.15, 0.2) is 0 Å². The van der Waals surface area contributed by atoms with Gasteiger partial charge in [-0.2, -0.15) is 0 Å². The molecule has 0 unspecified atom stereocenters. The first kappa shape index (κ1) is 19.3. The van der Waals surface area contributed by atoms with Gasteiger partial charge in [0.1, 0.15) is 0 Å². The second-order valence-electron chi connectivity index (χ2n) is 7.94. The van der Waals surface area contributed by atoms with Crippen LogP contribution in [0.3, 0.4) is 0 Å². The van der Waals surface area contributed by atoms with Crippen LogP contribution in [-0.2, 0) is 13.1 Å². The number of hydrogen-bond donors (Lipinski definition) is 1. The SMILES string of the molecule is CC(C)N1CCN(Cc2ccc(CN3CCCCC3)s2)C[C@@H]1CCO. The third-order valence-corrected chi connectivity index (χ3v) is 6.72. The summed E-state index contributed by atoms with van der Waals surface area (Å²) in [6.45, 7) is 12.9. The normalized spacial score (nSPS) is 24.2. The van der Waals surface area contributed by atoms with Gasteiger partial charge in [0.2, 0.25) is 0 Å². The minimum atomic E-state index is 0.292. The first-order valence-electron chi connectivity index (χ1n) is 10.0. The van der Waals surface area contributed by atoms with Gasteiger partial charge in [-0.05, 0) is 58.3 Å². The highest BCUT2D eigenvalue weighted by atomic mass is 32.1. The van der Waals surface area contributed by atoms with Gasteiger partial charge < -0.3 is 5.11 Å². The number of nitrogens with zero attached hydrogens (tertiary/aromatic N) is 3. The molecule has 0 saturated carbocycles. The lowest BCUT2D eigenvalue weighted by Crippen LogP contribution is -2.55. The number of aliphatic hydroxyl groups is 1. The van der Waals surface area contributed by atoms with Crippen LogP contribution in [-0.4, -0.2) is 71.2 Å². The molecule has 25 heavy (non-hydrogen) atoms. The maximum absolute atomic E-state index is 9.41. The summed E-state index contributed by atoms with van der Waals surface area (Å²) >= 11 is 2.00. The van der Waals surface area contributed by atoms with Crippen molar-refractivity contribution in [1.82, 2.24) is 14.7 Å². The van der Waals surface area contributed by atoms with Crippen molar-refractivity contribution in [2.75, 3.05) is 39.3 Å². The van der Waals surface area contributed by atoms with E-state index in [1.54, 1.807) is 0 Å². The Kier molecular flexibility index (Phi) is 7.31. The van der Waals surface area contributed by atoms with Gasteiger partial charge in [0.25, 0.3) is 0 Å². The number of likely N-dealkylation sites (tertiary alicyclic amines) is 1. The molecule has 1 aromatic rings. The lowest BCUT2D eigenvalue weighted by atomic mass is 10.1. The minimum Gasteiger partial charge on any atom is -0.396 e. The molecule has 0 aliphatic carbocycles. The summed E-state index contributed by atoms with van der Waals surface area (Å²) in [4.78, 5) is 10.8. The molecule has 4 nitrogen and oxygen atoms in total. The zero-order chi connectivity index (χ0) is 17.6. The van der Waals surface area contributed by atoms with E-state index in [-0.39, 0.29) is 0 Å². The third kappa shape index (κ3) is 5.51. The molecule has 2 saturated heterocycles. The zero-order valence-electron chi connectivity index (χ0n) is 16.0. The first-order valence-corrected chi connectivity index (χ1v) is 10.9. The molecule has 2 aliphatic rings. The molecule has 0 spiro atoms. The summed E-state index contributed by atoms with van der Waals surface area (Å²) in [5, 5.41) is 9.41. The van der Waals surface area contributed by atoms with Gasteiger partial charge in [-0.25, -0.2) is 0 Å². The Balaban J connectivity index is 1.52. The van der Waals surface area contributed by atoms with Gasteiger partial charge in [0.05, 0.1) is 0 Å². The fraction of sp³-hybridized carbons (Fsp3) is 0.800. The van der Waals surface area contributed by atoms with E-state index < -0.39 is 0 Å². The average molecular weight is 366 g/mol. The van der Waals surface area contributed by atoms with Crippen molar-refractivity contribution in [3.8, 4) is 0 Å². The monoisotopic (exact) mass is 365 g/mol. The number of aliphatic hydroxyl groups excluding tert-OH is 1. The van der Waals surface area contributed by atoms with Crippen LogP contribution in [0.1, 0.15) is 49.3 Å². The van der Waals surface area contributed by atoms with Gasteiger partial charge in [-0.15, -0.1) is 11.3 Å². The van der Waals surface area contributed by atoms with E-state index in [4.69, 9.17) is 0 Å². The molecule has 2 fully saturated rings. The molecule has 3 rings (SSSR count). The van der Waals surface area contributed by atoms with Crippen LogP contribution in [0.15, 0.2) is 12.1 Å². The molecule has 0 bridgehead atoms. The van der Waals surface area contributed by atoms with E-state index in [0.717, 1.165) is 39.1 Å². The highest BCUT2D eigenvalue weighted by molar-refractivity contribution is 7.11. The van der Waals surface area contributed by atoms with E-state index in [1.165, 1.54) is 42.1 Å². The van der Waals surface area contributed by atoms with Crippen molar-refractivity contribution in [3.05, 3.63) is 21.9 Å². The molecular weight excluding hydrogens is 330 g/mol. The Morgan fingerprint density at radius 2 is 1.68 bits per heavy atom. The van der Waals surface area contributed by atoms with Gasteiger partial charge in [-0.3, -0.25) is 14.7 Å². The number of thiophene rings is 1. The summed E-state index contributed by atoms with van der Waals surface area (Å²) in [6.07, 6.45) is 5.03. The highest BCUT2D eigenvalue weighted by Gasteiger charge is 2.28. The Bertz CT molecular complexity index is 513. The first-order chi connectivity index (χ1) is 12.2. The lowest BCUT2D eigenvalue weighted by molar-refractivity contribution is 0.0353. The fourth-order valence-corrected chi connectivity index (χ4v) is 5.42. The van der Waals surface area contributed by atoms with Crippen LogP contribution in [0.25, 0.3) is 0 Å². The third-order valence-electron chi connectivity index (χ3n) is 5.66. The van der Waals surface area contributed by atoms with Crippen LogP contribution >= 0.6 is 11.3 Å². The molecule has 0 aromatic carbocycles. The summed E-state index contributed by atoms with van der Waals surface area (Å²) in [5.74, 6) is 0. The minimum absolute atomic E-state index is 0.292. The molecule has 1 aromatic heterocycles. The van der Waals surface area contributed by atoms with E-state index >= 15 is 0 Å². The molecule has 1 atom stereocenters. The number of rotatable bonds is 7. The molecule has 2 aliphatic heterocycles. The van der Waals surface area contributed by atoms with Gasteiger partial charge in [0, 0.05) is 61.2 Å². The predicted octanol–water partition coefficient (Wildman–Crippen LogP) is 3.01. The van der Waals surface area contributed by atoms with E-state index in [9.17, 15) is 5.11 Å². The maximum atomic E-state index is 9.41. The Morgan fingerprint density at radius 3 is 2.32 bits per heavy atom. The van der Waals surface area contributed by atoms with Crippen molar-refractivity contribution in [2.24, 2.45) is 0 Å². The second kappa shape index (κ2) is 9.47. The maximum Gasteiger partial charge on any atom is 0.0446 e. The molecule has 0 amide bonds. The molecule has 1 N–H and O–H groups in total. The van der Waals surface area contributed by atoms with Crippen LogP contribution in [0.2, 0.25) is 0 Å². The van der Waals surface area contributed by atoms with Crippen molar-refractivity contribution in [3.63, 3.8) is 0 Å². The highest BCUT2D eigenvalue weighted by Crippen LogP contribution is 2.24. The smallest absolute Gasteiger partial charge is 0.0446 e. The summed E-state index contributed by atoms with van der Waals surface area (Å²) in [5.41, 5.74) is 0. The Hall–Kier alpha value is -0.460. The largest absolute Gasteiger partial charge is 0.396 e. The van der Waals surface area contributed by atoms with Crippen molar-refractivity contribution in [1.29, 1.82) is 0 Å². The fourth-order valence-electron chi connectivity index (χ4n) is 4.31. The Labute approximate surface area is 157 Å². The second-order valence-corrected chi connectivity index (χ2v) is 9.19. The molecule has 3 heterocycles. The lowest BCUT2D eigenvalue weighted by Gasteiger charge is -2.43. The predicted molar refractivity (Wildman–Crippen MR) is 106 cm³/mol. The molecule has 142 valence electrons. The van der Waals surface area contributed by atoms with Gasteiger partial charge >= 0.3 is 0 Å². The quantitative estimate of drug-likeness (QED) is 0.804. The standard InChI is InChI=1S/C20H35N3OS/c1-17(2)23-12-11-22(14-18(23)8-13-24)16-20-7-6-19(25-20)15-21-9-4-3-5-10-21/h6-7,17-18,24H,3-5,8-16H2,1-2H3/t18-/m0/s1. The molecule has 5 heteroatoms. The Morgan fingerprint density at radius 1 is 1.00 bits per heavy atom. The molecular formula is C20H35N3OS.